The maximum absolute atomic E-state index is 12.0. The Balaban J connectivity index is 3.00. The standard InChI is InChI=1S/C12H13NO6/c1-7-2-3-8(4-9(7)14)12(19)13(5-10(15)16)6-11(17)18/h2-4,14H,5-6H2,1H3,(H,15,16)(H,17,18). The van der Waals surface area contributed by atoms with Crippen LogP contribution in [0.15, 0.2) is 18.2 Å². The van der Waals surface area contributed by atoms with E-state index in [1.807, 2.05) is 0 Å². The zero-order chi connectivity index (χ0) is 14.6. The van der Waals surface area contributed by atoms with Crippen molar-refractivity contribution in [2.75, 3.05) is 13.1 Å². The van der Waals surface area contributed by atoms with Gasteiger partial charge in [-0.3, -0.25) is 14.4 Å². The summed E-state index contributed by atoms with van der Waals surface area (Å²) < 4.78 is 0. The van der Waals surface area contributed by atoms with Crippen molar-refractivity contribution in [3.8, 4) is 5.75 Å². The van der Waals surface area contributed by atoms with Crippen LogP contribution >= 0.6 is 0 Å². The molecule has 0 bridgehead atoms. The average Bonchev–Trinajstić information content (AvgIpc) is 2.29. The lowest BCUT2D eigenvalue weighted by atomic mass is 10.1. The number of carboxylic acid groups (broad SMARTS) is 2. The molecule has 3 N–H and O–H groups in total. The highest BCUT2D eigenvalue weighted by atomic mass is 16.4. The lowest BCUT2D eigenvalue weighted by Crippen LogP contribution is -2.39. The van der Waals surface area contributed by atoms with Crippen molar-refractivity contribution in [3.63, 3.8) is 0 Å². The molecular formula is C12H13NO6. The zero-order valence-corrected chi connectivity index (χ0v) is 10.2. The topological polar surface area (TPSA) is 115 Å². The first-order valence-electron chi connectivity index (χ1n) is 5.33. The minimum absolute atomic E-state index is 0.0330. The summed E-state index contributed by atoms with van der Waals surface area (Å²) in [6, 6.07) is 4.06. The molecule has 0 fully saturated rings. The lowest BCUT2D eigenvalue weighted by molar-refractivity contribution is -0.140. The molecule has 0 unspecified atom stereocenters. The van der Waals surface area contributed by atoms with Gasteiger partial charge in [0.25, 0.3) is 5.91 Å². The van der Waals surface area contributed by atoms with Gasteiger partial charge in [0, 0.05) is 5.56 Å². The van der Waals surface area contributed by atoms with E-state index in [-0.39, 0.29) is 11.3 Å². The van der Waals surface area contributed by atoms with Gasteiger partial charge in [0.2, 0.25) is 0 Å². The first kappa shape index (κ1) is 14.5. The van der Waals surface area contributed by atoms with Crippen LogP contribution in [0.1, 0.15) is 15.9 Å². The Morgan fingerprint density at radius 1 is 1.11 bits per heavy atom. The third kappa shape index (κ3) is 3.98. The van der Waals surface area contributed by atoms with Gasteiger partial charge in [0.15, 0.2) is 0 Å². The molecule has 0 saturated carbocycles. The van der Waals surface area contributed by atoms with Crippen molar-refractivity contribution in [1.82, 2.24) is 4.90 Å². The fraction of sp³-hybridized carbons (Fsp3) is 0.250. The maximum Gasteiger partial charge on any atom is 0.323 e. The number of carbonyl (C=O) groups is 3. The summed E-state index contributed by atoms with van der Waals surface area (Å²) in [4.78, 5) is 33.9. The number of aryl methyl sites for hydroxylation is 1. The number of aromatic hydroxyl groups is 1. The smallest absolute Gasteiger partial charge is 0.323 e. The highest BCUT2D eigenvalue weighted by Crippen LogP contribution is 2.18. The third-order valence-electron chi connectivity index (χ3n) is 2.40. The van der Waals surface area contributed by atoms with Crippen molar-refractivity contribution in [2.45, 2.75) is 6.92 Å². The van der Waals surface area contributed by atoms with E-state index in [1.165, 1.54) is 18.2 Å². The molecule has 0 atom stereocenters. The van der Waals surface area contributed by atoms with Gasteiger partial charge in [-0.15, -0.1) is 0 Å². The summed E-state index contributed by atoms with van der Waals surface area (Å²) >= 11 is 0. The highest BCUT2D eigenvalue weighted by Gasteiger charge is 2.21. The van der Waals surface area contributed by atoms with E-state index in [2.05, 4.69) is 0 Å². The van der Waals surface area contributed by atoms with Crippen molar-refractivity contribution < 1.29 is 29.7 Å². The fourth-order valence-corrected chi connectivity index (χ4v) is 1.45. The van der Waals surface area contributed by atoms with E-state index >= 15 is 0 Å². The molecule has 0 aromatic heterocycles. The Morgan fingerprint density at radius 2 is 1.63 bits per heavy atom. The molecule has 0 saturated heterocycles. The summed E-state index contributed by atoms with van der Waals surface area (Å²) in [5.41, 5.74) is 0.588. The number of phenolic OH excluding ortho intramolecular Hbond substituents is 1. The van der Waals surface area contributed by atoms with Crippen LogP contribution in [0.4, 0.5) is 0 Å². The van der Waals surface area contributed by atoms with Crippen molar-refractivity contribution in [1.29, 1.82) is 0 Å². The molecule has 19 heavy (non-hydrogen) atoms. The van der Waals surface area contributed by atoms with Gasteiger partial charge >= 0.3 is 11.9 Å². The second kappa shape index (κ2) is 5.85. The number of nitrogens with zero attached hydrogens (tertiary/aromatic N) is 1. The van der Waals surface area contributed by atoms with Gasteiger partial charge < -0.3 is 20.2 Å². The van der Waals surface area contributed by atoms with Crippen LogP contribution in [0.2, 0.25) is 0 Å². The number of phenols is 1. The Bertz CT molecular complexity index is 509. The van der Waals surface area contributed by atoms with Crippen molar-refractivity contribution in [3.05, 3.63) is 29.3 Å². The molecular weight excluding hydrogens is 254 g/mol. The van der Waals surface area contributed by atoms with Gasteiger partial charge in [0.1, 0.15) is 18.8 Å². The highest BCUT2D eigenvalue weighted by molar-refractivity contribution is 5.97. The van der Waals surface area contributed by atoms with Crippen LogP contribution in [0.25, 0.3) is 0 Å². The molecule has 0 heterocycles. The van der Waals surface area contributed by atoms with Gasteiger partial charge in [-0.1, -0.05) is 6.07 Å². The number of hydrogen-bond donors (Lipinski definition) is 3. The number of carboxylic acids is 2. The maximum atomic E-state index is 12.0. The van der Waals surface area contributed by atoms with Gasteiger partial charge in [-0.05, 0) is 24.6 Å². The Hall–Kier alpha value is -2.57. The van der Waals surface area contributed by atoms with E-state index in [0.717, 1.165) is 0 Å². The number of benzene rings is 1. The molecule has 1 aromatic carbocycles. The average molecular weight is 267 g/mol. The molecule has 0 spiro atoms. The van der Waals surface area contributed by atoms with Crippen LogP contribution in [0.3, 0.4) is 0 Å². The molecule has 102 valence electrons. The van der Waals surface area contributed by atoms with E-state index < -0.39 is 30.9 Å². The lowest BCUT2D eigenvalue weighted by Gasteiger charge is -2.18. The minimum atomic E-state index is -1.31. The first-order chi connectivity index (χ1) is 8.81. The molecule has 1 aromatic rings. The summed E-state index contributed by atoms with van der Waals surface area (Å²) in [7, 11) is 0. The number of hydrogen-bond acceptors (Lipinski definition) is 4. The first-order valence-corrected chi connectivity index (χ1v) is 5.33. The van der Waals surface area contributed by atoms with Gasteiger partial charge in [-0.25, -0.2) is 0 Å². The van der Waals surface area contributed by atoms with Crippen LogP contribution in [0, 0.1) is 6.92 Å². The largest absolute Gasteiger partial charge is 0.508 e. The second-order valence-electron chi connectivity index (χ2n) is 3.95. The molecule has 7 heteroatoms. The summed E-state index contributed by atoms with van der Waals surface area (Å²) in [5.74, 6) is -3.51. The molecule has 7 nitrogen and oxygen atoms in total. The molecule has 0 aliphatic rings. The van der Waals surface area contributed by atoms with Gasteiger partial charge in [0.05, 0.1) is 0 Å². The van der Waals surface area contributed by atoms with Crippen LogP contribution < -0.4 is 0 Å². The number of aliphatic carboxylic acids is 2. The Labute approximate surface area is 108 Å². The summed E-state index contributed by atoms with van der Waals surface area (Å²) in [6.07, 6.45) is 0. The van der Waals surface area contributed by atoms with Crippen LogP contribution in [-0.2, 0) is 9.59 Å². The summed E-state index contributed by atoms with van der Waals surface area (Å²) in [5, 5.41) is 26.8. The normalized spacial score (nSPS) is 9.95. The van der Waals surface area contributed by atoms with Crippen LogP contribution in [0.5, 0.6) is 5.75 Å². The number of amides is 1. The minimum Gasteiger partial charge on any atom is -0.508 e. The van der Waals surface area contributed by atoms with E-state index in [9.17, 15) is 19.5 Å². The van der Waals surface area contributed by atoms with Crippen LogP contribution in [-0.4, -0.2) is 51.2 Å². The van der Waals surface area contributed by atoms with E-state index in [0.29, 0.717) is 10.5 Å². The second-order valence-corrected chi connectivity index (χ2v) is 3.95. The quantitative estimate of drug-likeness (QED) is 0.707. The molecule has 1 amide bonds. The molecule has 0 radical (unpaired) electrons. The number of carbonyl (C=O) groups excluding carboxylic acids is 1. The number of rotatable bonds is 5. The molecule has 0 aliphatic heterocycles. The SMILES string of the molecule is Cc1ccc(C(=O)N(CC(=O)O)CC(=O)O)cc1O. The van der Waals surface area contributed by atoms with Gasteiger partial charge in [-0.2, -0.15) is 0 Å². The van der Waals surface area contributed by atoms with Crippen molar-refractivity contribution in [2.24, 2.45) is 0 Å². The Morgan fingerprint density at radius 3 is 2.05 bits per heavy atom. The molecule has 0 aliphatic carbocycles. The predicted octanol–water partition coefficient (Wildman–Crippen LogP) is 0.312. The zero-order valence-electron chi connectivity index (χ0n) is 10.2. The summed E-state index contributed by atoms with van der Waals surface area (Å²) in [6.45, 7) is 0.190. The Kier molecular flexibility index (Phi) is 4.46. The monoisotopic (exact) mass is 267 g/mol. The third-order valence-corrected chi connectivity index (χ3v) is 2.40. The van der Waals surface area contributed by atoms with E-state index in [4.69, 9.17) is 10.2 Å². The fourth-order valence-electron chi connectivity index (χ4n) is 1.45. The van der Waals surface area contributed by atoms with Crippen molar-refractivity contribution >= 4 is 17.8 Å². The van der Waals surface area contributed by atoms with E-state index in [1.54, 1.807) is 6.92 Å². The predicted molar refractivity (Wildman–Crippen MR) is 64.0 cm³/mol. The molecule has 1 rings (SSSR count).